The van der Waals surface area contributed by atoms with Crippen LogP contribution in [0.25, 0.3) is 0 Å². The molecular formula is C20H20ClNO3. The molecule has 25 heavy (non-hydrogen) atoms. The first kappa shape index (κ1) is 16.3. The minimum absolute atomic E-state index is 0.00200. The van der Waals surface area contributed by atoms with Crippen LogP contribution in [0, 0.1) is 0 Å². The van der Waals surface area contributed by atoms with Gasteiger partial charge in [-0.05, 0) is 60.2 Å². The standard InChI is InChI=1S/C20H20ClNO3/c1-24-17-9-13-10-19(23)22-20(12-5-7-14(21)8-6-12)16(13)11-18(17)25-15-3-2-4-15/h5-9,11,15,20H,2-4,10H2,1H3,(H,22,23)/t20-/m0/s1. The lowest BCUT2D eigenvalue weighted by Gasteiger charge is -2.31. The highest BCUT2D eigenvalue weighted by molar-refractivity contribution is 6.30. The molecule has 130 valence electrons. The van der Waals surface area contributed by atoms with Crippen molar-refractivity contribution in [2.75, 3.05) is 7.11 Å². The SMILES string of the molecule is COc1cc2c(cc1OC1CCC1)[C@H](c1ccc(Cl)cc1)NC(=O)C2. The van der Waals surface area contributed by atoms with E-state index in [1.165, 1.54) is 6.42 Å². The van der Waals surface area contributed by atoms with Crippen LogP contribution in [0.5, 0.6) is 11.5 Å². The summed E-state index contributed by atoms with van der Waals surface area (Å²) in [5, 5.41) is 3.75. The molecule has 2 aromatic rings. The fraction of sp³-hybridized carbons (Fsp3) is 0.350. The van der Waals surface area contributed by atoms with E-state index in [1.807, 2.05) is 36.4 Å². The summed E-state index contributed by atoms with van der Waals surface area (Å²) in [7, 11) is 1.63. The molecule has 1 aliphatic carbocycles. The average molecular weight is 358 g/mol. The molecule has 2 aromatic carbocycles. The van der Waals surface area contributed by atoms with Crippen molar-refractivity contribution >= 4 is 17.5 Å². The van der Waals surface area contributed by atoms with Crippen molar-refractivity contribution in [1.82, 2.24) is 5.32 Å². The molecule has 1 atom stereocenters. The van der Waals surface area contributed by atoms with Crippen LogP contribution in [0.2, 0.25) is 5.02 Å². The Morgan fingerprint density at radius 2 is 1.88 bits per heavy atom. The number of amides is 1. The number of nitrogens with one attached hydrogen (secondary N) is 1. The van der Waals surface area contributed by atoms with Gasteiger partial charge in [0.05, 0.1) is 25.7 Å². The molecular weight excluding hydrogens is 338 g/mol. The van der Waals surface area contributed by atoms with E-state index in [4.69, 9.17) is 21.1 Å². The summed E-state index contributed by atoms with van der Waals surface area (Å²) < 4.78 is 11.6. The van der Waals surface area contributed by atoms with Gasteiger partial charge in [0.15, 0.2) is 11.5 Å². The number of carbonyl (C=O) groups is 1. The lowest BCUT2D eigenvalue weighted by Crippen LogP contribution is -2.36. The topological polar surface area (TPSA) is 47.6 Å². The van der Waals surface area contributed by atoms with Crippen LogP contribution in [-0.2, 0) is 11.2 Å². The predicted octanol–water partition coefficient (Wildman–Crippen LogP) is 4.04. The van der Waals surface area contributed by atoms with E-state index in [-0.39, 0.29) is 18.1 Å². The maximum Gasteiger partial charge on any atom is 0.225 e. The van der Waals surface area contributed by atoms with Crippen molar-refractivity contribution in [2.45, 2.75) is 37.8 Å². The van der Waals surface area contributed by atoms with Crippen molar-refractivity contribution in [3.63, 3.8) is 0 Å². The van der Waals surface area contributed by atoms with Crippen LogP contribution in [0.4, 0.5) is 0 Å². The number of hydrogen-bond donors (Lipinski definition) is 1. The smallest absolute Gasteiger partial charge is 0.225 e. The molecule has 4 rings (SSSR count). The largest absolute Gasteiger partial charge is 0.493 e. The summed E-state index contributed by atoms with van der Waals surface area (Å²) in [5.74, 6) is 1.44. The van der Waals surface area contributed by atoms with E-state index < -0.39 is 0 Å². The van der Waals surface area contributed by atoms with Crippen molar-refractivity contribution < 1.29 is 14.3 Å². The number of fused-ring (bicyclic) bond motifs is 1. The second-order valence-electron chi connectivity index (χ2n) is 6.60. The molecule has 1 amide bonds. The first-order chi connectivity index (χ1) is 12.1. The number of ether oxygens (including phenoxy) is 2. The fourth-order valence-electron chi connectivity index (χ4n) is 3.34. The Morgan fingerprint density at radius 1 is 1.12 bits per heavy atom. The van der Waals surface area contributed by atoms with Gasteiger partial charge in [-0.1, -0.05) is 23.7 Å². The van der Waals surface area contributed by atoms with Crippen LogP contribution >= 0.6 is 11.6 Å². The van der Waals surface area contributed by atoms with Crippen molar-refractivity contribution in [2.24, 2.45) is 0 Å². The highest BCUT2D eigenvalue weighted by Crippen LogP contribution is 2.39. The van der Waals surface area contributed by atoms with Crippen LogP contribution in [0.15, 0.2) is 36.4 Å². The van der Waals surface area contributed by atoms with E-state index in [1.54, 1.807) is 7.11 Å². The zero-order valence-electron chi connectivity index (χ0n) is 14.0. The van der Waals surface area contributed by atoms with Gasteiger partial charge in [0.2, 0.25) is 5.91 Å². The van der Waals surface area contributed by atoms with Gasteiger partial charge in [0.1, 0.15) is 0 Å². The lowest BCUT2D eigenvalue weighted by molar-refractivity contribution is -0.121. The maximum atomic E-state index is 12.2. The van der Waals surface area contributed by atoms with Crippen LogP contribution in [-0.4, -0.2) is 19.1 Å². The van der Waals surface area contributed by atoms with Crippen molar-refractivity contribution in [3.05, 3.63) is 58.1 Å². The Balaban J connectivity index is 1.75. The molecule has 1 fully saturated rings. The molecule has 2 aliphatic rings. The second-order valence-corrected chi connectivity index (χ2v) is 7.04. The molecule has 0 spiro atoms. The number of benzene rings is 2. The molecule has 1 heterocycles. The number of hydrogen-bond acceptors (Lipinski definition) is 3. The summed E-state index contributed by atoms with van der Waals surface area (Å²) in [6.07, 6.45) is 3.98. The summed E-state index contributed by atoms with van der Waals surface area (Å²) in [5.41, 5.74) is 3.03. The van der Waals surface area contributed by atoms with Gasteiger partial charge in [0, 0.05) is 5.02 Å². The monoisotopic (exact) mass is 357 g/mol. The predicted molar refractivity (Wildman–Crippen MR) is 96.4 cm³/mol. The summed E-state index contributed by atoms with van der Waals surface area (Å²) in [6, 6.07) is 11.3. The minimum atomic E-state index is -0.205. The Morgan fingerprint density at radius 3 is 2.52 bits per heavy atom. The molecule has 0 unspecified atom stereocenters. The normalized spacial score (nSPS) is 19.6. The second kappa shape index (κ2) is 6.60. The Bertz CT molecular complexity index is 799. The van der Waals surface area contributed by atoms with Gasteiger partial charge in [-0.15, -0.1) is 0 Å². The summed E-state index contributed by atoms with van der Waals surface area (Å²) in [4.78, 5) is 12.2. The van der Waals surface area contributed by atoms with E-state index in [0.717, 1.165) is 35.3 Å². The van der Waals surface area contributed by atoms with E-state index >= 15 is 0 Å². The Hall–Kier alpha value is -2.20. The van der Waals surface area contributed by atoms with Crippen LogP contribution < -0.4 is 14.8 Å². The van der Waals surface area contributed by atoms with Gasteiger partial charge >= 0.3 is 0 Å². The number of carbonyl (C=O) groups excluding carboxylic acids is 1. The first-order valence-corrected chi connectivity index (χ1v) is 8.94. The van der Waals surface area contributed by atoms with Gasteiger partial charge in [0.25, 0.3) is 0 Å². The molecule has 5 heteroatoms. The number of halogens is 1. The molecule has 0 radical (unpaired) electrons. The van der Waals surface area contributed by atoms with Gasteiger partial charge in [-0.3, -0.25) is 4.79 Å². The van der Waals surface area contributed by atoms with Gasteiger partial charge in [-0.25, -0.2) is 0 Å². The molecule has 1 aliphatic heterocycles. The zero-order valence-corrected chi connectivity index (χ0v) is 14.8. The molecule has 1 N–H and O–H groups in total. The third-order valence-corrected chi connectivity index (χ3v) is 5.19. The van der Waals surface area contributed by atoms with E-state index in [2.05, 4.69) is 5.32 Å². The highest BCUT2D eigenvalue weighted by Gasteiger charge is 2.29. The molecule has 0 aromatic heterocycles. The summed E-state index contributed by atoms with van der Waals surface area (Å²) in [6.45, 7) is 0. The van der Waals surface area contributed by atoms with Crippen LogP contribution in [0.3, 0.4) is 0 Å². The third-order valence-electron chi connectivity index (χ3n) is 4.94. The molecule has 1 saturated carbocycles. The number of rotatable bonds is 4. The molecule has 0 bridgehead atoms. The van der Waals surface area contributed by atoms with Crippen LogP contribution in [0.1, 0.15) is 42.0 Å². The van der Waals surface area contributed by atoms with Gasteiger partial charge < -0.3 is 14.8 Å². The van der Waals surface area contributed by atoms with E-state index in [9.17, 15) is 4.79 Å². The minimum Gasteiger partial charge on any atom is -0.493 e. The number of methoxy groups -OCH3 is 1. The third kappa shape index (κ3) is 3.19. The average Bonchev–Trinajstić information content (AvgIpc) is 2.57. The van der Waals surface area contributed by atoms with Crippen molar-refractivity contribution in [3.8, 4) is 11.5 Å². The van der Waals surface area contributed by atoms with Crippen molar-refractivity contribution in [1.29, 1.82) is 0 Å². The Labute approximate surface area is 152 Å². The zero-order chi connectivity index (χ0) is 17.4. The van der Waals surface area contributed by atoms with Gasteiger partial charge in [-0.2, -0.15) is 0 Å². The van der Waals surface area contributed by atoms with E-state index in [0.29, 0.717) is 17.2 Å². The summed E-state index contributed by atoms with van der Waals surface area (Å²) >= 11 is 6.00. The molecule has 0 saturated heterocycles. The first-order valence-electron chi connectivity index (χ1n) is 8.56. The molecule has 4 nitrogen and oxygen atoms in total. The maximum absolute atomic E-state index is 12.2. The lowest BCUT2D eigenvalue weighted by atomic mass is 9.89. The fourth-order valence-corrected chi connectivity index (χ4v) is 3.47. The quantitative estimate of drug-likeness (QED) is 0.898. The highest BCUT2D eigenvalue weighted by atomic mass is 35.5. The Kier molecular flexibility index (Phi) is 4.30.